The van der Waals surface area contributed by atoms with Gasteiger partial charge < -0.3 is 0 Å². The SMILES string of the molecule is CC(C)c1ccc(-c2nnc(NC(=O)CSCc3ccc(F)cc3)s2)cc1. The quantitative estimate of drug-likeness (QED) is 0.581. The molecule has 1 heterocycles. The van der Waals surface area contributed by atoms with Crippen molar-refractivity contribution in [2.75, 3.05) is 11.1 Å². The highest BCUT2D eigenvalue weighted by atomic mass is 32.2. The lowest BCUT2D eigenvalue weighted by Gasteiger charge is -2.04. The summed E-state index contributed by atoms with van der Waals surface area (Å²) in [7, 11) is 0. The highest BCUT2D eigenvalue weighted by molar-refractivity contribution is 7.99. The van der Waals surface area contributed by atoms with Gasteiger partial charge in [0.2, 0.25) is 11.0 Å². The van der Waals surface area contributed by atoms with E-state index in [0.29, 0.717) is 22.6 Å². The van der Waals surface area contributed by atoms with Gasteiger partial charge in [-0.3, -0.25) is 10.1 Å². The minimum absolute atomic E-state index is 0.125. The molecule has 4 nitrogen and oxygen atoms in total. The van der Waals surface area contributed by atoms with E-state index in [1.54, 1.807) is 12.1 Å². The second kappa shape index (κ2) is 9.10. The van der Waals surface area contributed by atoms with Crippen LogP contribution in [0.3, 0.4) is 0 Å². The fraction of sp³-hybridized carbons (Fsp3) is 0.250. The molecule has 140 valence electrons. The van der Waals surface area contributed by atoms with Crippen molar-refractivity contribution in [3.8, 4) is 10.6 Å². The Hall–Kier alpha value is -2.25. The molecule has 0 bridgehead atoms. The first-order chi connectivity index (χ1) is 13.0. The van der Waals surface area contributed by atoms with Crippen molar-refractivity contribution in [1.82, 2.24) is 10.2 Å². The molecular formula is C20H20FN3OS2. The molecular weight excluding hydrogens is 381 g/mol. The highest BCUT2D eigenvalue weighted by Gasteiger charge is 2.10. The van der Waals surface area contributed by atoms with Crippen molar-refractivity contribution in [1.29, 1.82) is 0 Å². The van der Waals surface area contributed by atoms with Gasteiger partial charge in [0, 0.05) is 11.3 Å². The van der Waals surface area contributed by atoms with Crippen LogP contribution in [0, 0.1) is 5.82 Å². The van der Waals surface area contributed by atoms with Crippen LogP contribution in [0.25, 0.3) is 10.6 Å². The number of amides is 1. The first-order valence-corrected chi connectivity index (χ1v) is 10.5. The standard InChI is InChI=1S/C20H20FN3OS2/c1-13(2)15-5-7-16(8-6-15)19-23-24-20(27-19)22-18(25)12-26-11-14-3-9-17(21)10-4-14/h3-10,13H,11-12H2,1-2H3,(H,22,24,25). The maximum atomic E-state index is 12.9. The lowest BCUT2D eigenvalue weighted by molar-refractivity contribution is -0.113. The molecule has 0 aliphatic heterocycles. The maximum Gasteiger partial charge on any atom is 0.236 e. The van der Waals surface area contributed by atoms with Crippen LogP contribution in [0.2, 0.25) is 0 Å². The molecule has 0 saturated heterocycles. The van der Waals surface area contributed by atoms with Crippen molar-refractivity contribution < 1.29 is 9.18 Å². The van der Waals surface area contributed by atoms with Gasteiger partial charge in [-0.05, 0) is 29.2 Å². The molecule has 0 atom stereocenters. The van der Waals surface area contributed by atoms with E-state index in [9.17, 15) is 9.18 Å². The molecule has 0 unspecified atom stereocenters. The van der Waals surface area contributed by atoms with Crippen LogP contribution in [0.4, 0.5) is 9.52 Å². The summed E-state index contributed by atoms with van der Waals surface area (Å²) in [6, 6.07) is 14.5. The smallest absolute Gasteiger partial charge is 0.236 e. The number of thioether (sulfide) groups is 1. The lowest BCUT2D eigenvalue weighted by Crippen LogP contribution is -2.13. The molecule has 0 saturated carbocycles. The summed E-state index contributed by atoms with van der Waals surface area (Å²) in [6.45, 7) is 4.31. The Kier molecular flexibility index (Phi) is 6.58. The average Bonchev–Trinajstić information content (AvgIpc) is 3.12. The summed E-state index contributed by atoms with van der Waals surface area (Å²) < 4.78 is 12.9. The van der Waals surface area contributed by atoms with E-state index < -0.39 is 0 Å². The minimum Gasteiger partial charge on any atom is -0.300 e. The molecule has 3 rings (SSSR count). The number of carbonyl (C=O) groups excluding carboxylic acids is 1. The number of nitrogens with zero attached hydrogens (tertiary/aromatic N) is 2. The van der Waals surface area contributed by atoms with Crippen LogP contribution >= 0.6 is 23.1 Å². The second-order valence-corrected chi connectivity index (χ2v) is 8.32. The second-order valence-electron chi connectivity index (χ2n) is 6.36. The monoisotopic (exact) mass is 401 g/mol. The van der Waals surface area contributed by atoms with Gasteiger partial charge in [0.25, 0.3) is 0 Å². The number of carbonyl (C=O) groups is 1. The van der Waals surface area contributed by atoms with E-state index in [2.05, 4.69) is 41.5 Å². The number of rotatable bonds is 7. The van der Waals surface area contributed by atoms with Crippen LogP contribution in [0.1, 0.15) is 30.9 Å². The number of aromatic nitrogens is 2. The third kappa shape index (κ3) is 5.61. The van der Waals surface area contributed by atoms with E-state index in [1.807, 2.05) is 12.1 Å². The molecule has 3 aromatic rings. The number of hydrogen-bond donors (Lipinski definition) is 1. The molecule has 0 aliphatic rings. The Morgan fingerprint density at radius 1 is 1.11 bits per heavy atom. The number of benzene rings is 2. The van der Waals surface area contributed by atoms with Gasteiger partial charge >= 0.3 is 0 Å². The third-order valence-electron chi connectivity index (χ3n) is 3.91. The number of anilines is 1. The highest BCUT2D eigenvalue weighted by Crippen LogP contribution is 2.27. The van der Waals surface area contributed by atoms with Crippen LogP contribution < -0.4 is 5.32 Å². The van der Waals surface area contributed by atoms with E-state index in [-0.39, 0.29) is 11.7 Å². The largest absolute Gasteiger partial charge is 0.300 e. The van der Waals surface area contributed by atoms with Gasteiger partial charge in [-0.2, -0.15) is 0 Å². The van der Waals surface area contributed by atoms with E-state index in [0.717, 1.165) is 16.1 Å². The van der Waals surface area contributed by atoms with Crippen molar-refractivity contribution in [3.63, 3.8) is 0 Å². The first-order valence-electron chi connectivity index (χ1n) is 8.57. The summed E-state index contributed by atoms with van der Waals surface area (Å²) >= 11 is 2.82. The summed E-state index contributed by atoms with van der Waals surface area (Å²) in [6.07, 6.45) is 0. The van der Waals surface area contributed by atoms with Gasteiger partial charge in [-0.25, -0.2) is 4.39 Å². The molecule has 0 spiro atoms. The summed E-state index contributed by atoms with van der Waals surface area (Å²) in [5, 5.41) is 12.3. The molecule has 7 heteroatoms. The Balaban J connectivity index is 1.50. The molecule has 2 aromatic carbocycles. The lowest BCUT2D eigenvalue weighted by atomic mass is 10.0. The van der Waals surface area contributed by atoms with Crippen molar-refractivity contribution >= 4 is 34.1 Å². The van der Waals surface area contributed by atoms with Crippen LogP contribution in [0.15, 0.2) is 48.5 Å². The van der Waals surface area contributed by atoms with E-state index in [1.165, 1.54) is 40.8 Å². The van der Waals surface area contributed by atoms with Crippen LogP contribution in [-0.4, -0.2) is 21.9 Å². The zero-order valence-electron chi connectivity index (χ0n) is 15.1. The topological polar surface area (TPSA) is 54.9 Å². The van der Waals surface area contributed by atoms with Gasteiger partial charge in [-0.1, -0.05) is 61.6 Å². The number of halogens is 1. The Morgan fingerprint density at radius 2 is 1.81 bits per heavy atom. The predicted octanol–water partition coefficient (Wildman–Crippen LogP) is 5.34. The number of hydrogen-bond acceptors (Lipinski definition) is 5. The number of nitrogens with one attached hydrogen (secondary N) is 1. The molecule has 1 aromatic heterocycles. The first kappa shape index (κ1) is 19.5. The van der Waals surface area contributed by atoms with Gasteiger partial charge in [0.05, 0.1) is 5.75 Å². The van der Waals surface area contributed by atoms with Crippen LogP contribution in [-0.2, 0) is 10.5 Å². The Morgan fingerprint density at radius 3 is 2.48 bits per heavy atom. The van der Waals surface area contributed by atoms with Crippen molar-refractivity contribution in [2.24, 2.45) is 0 Å². The zero-order valence-corrected chi connectivity index (χ0v) is 16.7. The summed E-state index contributed by atoms with van der Waals surface area (Å²) in [4.78, 5) is 12.1. The predicted molar refractivity (Wildman–Crippen MR) is 111 cm³/mol. The van der Waals surface area contributed by atoms with Gasteiger partial charge in [0.15, 0.2) is 0 Å². The molecule has 1 N–H and O–H groups in total. The third-order valence-corrected chi connectivity index (χ3v) is 5.80. The van der Waals surface area contributed by atoms with Crippen LogP contribution in [0.5, 0.6) is 0 Å². The maximum absolute atomic E-state index is 12.9. The van der Waals surface area contributed by atoms with E-state index >= 15 is 0 Å². The average molecular weight is 402 g/mol. The van der Waals surface area contributed by atoms with Crippen molar-refractivity contribution in [2.45, 2.75) is 25.5 Å². The van der Waals surface area contributed by atoms with Gasteiger partial charge in [0.1, 0.15) is 10.8 Å². The fourth-order valence-corrected chi connectivity index (χ4v) is 3.95. The molecule has 27 heavy (non-hydrogen) atoms. The molecule has 1 amide bonds. The summed E-state index contributed by atoms with van der Waals surface area (Å²) in [5.74, 6) is 1.05. The molecule has 0 fully saturated rings. The molecule has 0 radical (unpaired) electrons. The Bertz CT molecular complexity index is 892. The molecule has 0 aliphatic carbocycles. The Labute approximate surface area is 166 Å². The van der Waals surface area contributed by atoms with E-state index in [4.69, 9.17) is 0 Å². The summed E-state index contributed by atoms with van der Waals surface area (Å²) in [5.41, 5.74) is 3.25. The normalized spacial score (nSPS) is 11.0. The van der Waals surface area contributed by atoms with Gasteiger partial charge in [-0.15, -0.1) is 22.0 Å². The zero-order chi connectivity index (χ0) is 19.2. The fourth-order valence-electron chi connectivity index (χ4n) is 2.40. The van der Waals surface area contributed by atoms with Crippen molar-refractivity contribution in [3.05, 3.63) is 65.5 Å². The minimum atomic E-state index is -0.257.